The number of carbonyl (C=O) groups excluding carboxylic acids is 1. The van der Waals surface area contributed by atoms with Crippen LogP contribution in [-0.4, -0.2) is 33.8 Å². The Labute approximate surface area is 128 Å². The van der Waals surface area contributed by atoms with Gasteiger partial charge < -0.3 is 10.4 Å². The quantitative estimate of drug-likeness (QED) is 0.683. The lowest BCUT2D eigenvalue weighted by molar-refractivity contribution is -0.138. The van der Waals surface area contributed by atoms with E-state index in [1.807, 2.05) is 20.8 Å². The molecule has 1 unspecified atom stereocenters. The first kappa shape index (κ1) is 17.4. The van der Waals surface area contributed by atoms with Crippen LogP contribution < -0.4 is 10.6 Å². The Bertz CT molecular complexity index is 476. The number of aromatic nitrogens is 2. The molecule has 1 rings (SSSR count). The summed E-state index contributed by atoms with van der Waals surface area (Å²) in [5, 5.41) is 23.2. The van der Waals surface area contributed by atoms with E-state index in [2.05, 4.69) is 20.8 Å². The topological polar surface area (TPSA) is 104 Å². The molecule has 0 aliphatic heterocycles. The zero-order chi connectivity index (χ0) is 15.8. The smallest absolute Gasteiger partial charge is 0.321 e. The molecule has 2 amide bonds. The number of hydrogen-bond acceptors (Lipinski definition) is 5. The van der Waals surface area contributed by atoms with Crippen molar-refractivity contribution >= 4 is 28.5 Å². The number of nitrogens with zero attached hydrogens (tertiary/aromatic N) is 2. The Morgan fingerprint density at radius 1 is 1.33 bits per heavy atom. The average molecular weight is 314 g/mol. The molecule has 8 heteroatoms. The molecule has 21 heavy (non-hydrogen) atoms. The maximum atomic E-state index is 11.8. The van der Waals surface area contributed by atoms with Crippen LogP contribution in [0.15, 0.2) is 0 Å². The van der Waals surface area contributed by atoms with E-state index in [0.29, 0.717) is 17.6 Å². The minimum Gasteiger partial charge on any atom is -0.481 e. The molecule has 0 aliphatic rings. The third kappa shape index (κ3) is 7.03. The van der Waals surface area contributed by atoms with Gasteiger partial charge in [-0.25, -0.2) is 4.79 Å². The highest BCUT2D eigenvalue weighted by Crippen LogP contribution is 2.16. The summed E-state index contributed by atoms with van der Waals surface area (Å²) in [6.07, 6.45) is 1.58. The zero-order valence-corrected chi connectivity index (χ0v) is 13.4. The van der Waals surface area contributed by atoms with E-state index < -0.39 is 5.97 Å². The molecule has 0 aliphatic carbocycles. The number of rotatable bonds is 8. The second-order valence-corrected chi connectivity index (χ2v) is 6.35. The van der Waals surface area contributed by atoms with Crippen LogP contribution in [0.1, 0.15) is 38.6 Å². The number of aryl methyl sites for hydroxylation is 1. The van der Waals surface area contributed by atoms with Gasteiger partial charge in [-0.05, 0) is 24.7 Å². The van der Waals surface area contributed by atoms with Crippen molar-refractivity contribution in [2.24, 2.45) is 11.8 Å². The van der Waals surface area contributed by atoms with Crippen molar-refractivity contribution in [1.29, 1.82) is 0 Å². The lowest BCUT2D eigenvalue weighted by Gasteiger charge is -2.17. The third-order valence-corrected chi connectivity index (χ3v) is 3.79. The van der Waals surface area contributed by atoms with Crippen molar-refractivity contribution < 1.29 is 14.7 Å². The van der Waals surface area contributed by atoms with Crippen molar-refractivity contribution in [3.05, 3.63) is 5.01 Å². The summed E-state index contributed by atoms with van der Waals surface area (Å²) in [5.41, 5.74) is 0. The van der Waals surface area contributed by atoms with E-state index in [1.165, 1.54) is 11.3 Å². The molecule has 1 heterocycles. The standard InChI is InChI=1S/C13H22N4O3S/c1-4-10-16-17-13(21-10)15-12(20)14-7-9(5-8(2)3)6-11(18)19/h8-9H,4-7H2,1-3H3,(H,18,19)(H2,14,15,17,20). The number of aliphatic carboxylic acids is 1. The maximum absolute atomic E-state index is 11.8. The fourth-order valence-electron chi connectivity index (χ4n) is 1.98. The largest absolute Gasteiger partial charge is 0.481 e. The van der Waals surface area contributed by atoms with Gasteiger partial charge >= 0.3 is 12.0 Å². The lowest BCUT2D eigenvalue weighted by Crippen LogP contribution is -2.34. The van der Waals surface area contributed by atoms with E-state index in [-0.39, 0.29) is 18.4 Å². The third-order valence-electron chi connectivity index (χ3n) is 2.81. The summed E-state index contributed by atoms with van der Waals surface area (Å²) in [6.45, 7) is 6.35. The summed E-state index contributed by atoms with van der Waals surface area (Å²) in [6, 6.07) is -0.382. The van der Waals surface area contributed by atoms with Crippen molar-refractivity contribution in [3.63, 3.8) is 0 Å². The number of carbonyl (C=O) groups is 2. The lowest BCUT2D eigenvalue weighted by atomic mass is 9.94. The van der Waals surface area contributed by atoms with Crippen LogP contribution in [0.25, 0.3) is 0 Å². The molecule has 1 aromatic heterocycles. The predicted molar refractivity (Wildman–Crippen MR) is 81.5 cm³/mol. The van der Waals surface area contributed by atoms with Gasteiger partial charge in [0.1, 0.15) is 5.01 Å². The molecule has 0 fully saturated rings. The second-order valence-electron chi connectivity index (χ2n) is 5.28. The van der Waals surface area contributed by atoms with Gasteiger partial charge in [-0.15, -0.1) is 10.2 Å². The summed E-state index contributed by atoms with van der Waals surface area (Å²) < 4.78 is 0. The van der Waals surface area contributed by atoms with E-state index in [4.69, 9.17) is 5.11 Å². The van der Waals surface area contributed by atoms with Gasteiger partial charge in [0.05, 0.1) is 0 Å². The van der Waals surface area contributed by atoms with Gasteiger partial charge in [-0.2, -0.15) is 0 Å². The van der Waals surface area contributed by atoms with Crippen molar-refractivity contribution in [2.45, 2.75) is 40.0 Å². The predicted octanol–water partition coefficient (Wildman–Crippen LogP) is 2.36. The van der Waals surface area contributed by atoms with Crippen LogP contribution in [0.2, 0.25) is 0 Å². The Kier molecular flexibility index (Phi) is 7.07. The molecule has 0 saturated heterocycles. The Hall–Kier alpha value is -1.70. The molecular weight excluding hydrogens is 292 g/mol. The molecule has 7 nitrogen and oxygen atoms in total. The highest BCUT2D eigenvalue weighted by Gasteiger charge is 2.16. The molecule has 0 saturated carbocycles. The first-order valence-electron chi connectivity index (χ1n) is 6.99. The number of anilines is 1. The van der Waals surface area contributed by atoms with Gasteiger partial charge in [-0.1, -0.05) is 32.1 Å². The minimum absolute atomic E-state index is 0.0528. The summed E-state index contributed by atoms with van der Waals surface area (Å²) in [4.78, 5) is 22.6. The van der Waals surface area contributed by atoms with Gasteiger partial charge in [0.2, 0.25) is 5.13 Å². The Balaban J connectivity index is 2.42. The number of nitrogens with one attached hydrogen (secondary N) is 2. The highest BCUT2D eigenvalue weighted by atomic mass is 32.1. The van der Waals surface area contributed by atoms with Crippen LogP contribution in [0.4, 0.5) is 9.93 Å². The van der Waals surface area contributed by atoms with Crippen molar-refractivity contribution in [2.75, 3.05) is 11.9 Å². The maximum Gasteiger partial charge on any atom is 0.321 e. The van der Waals surface area contributed by atoms with Crippen LogP contribution in [0, 0.1) is 11.8 Å². The van der Waals surface area contributed by atoms with Gasteiger partial charge in [0.15, 0.2) is 0 Å². The molecule has 1 aromatic rings. The molecule has 0 bridgehead atoms. The molecular formula is C13H22N4O3S. The number of hydrogen-bond donors (Lipinski definition) is 3. The first-order valence-corrected chi connectivity index (χ1v) is 7.81. The van der Waals surface area contributed by atoms with Gasteiger partial charge in [0.25, 0.3) is 0 Å². The van der Waals surface area contributed by atoms with Gasteiger partial charge in [0, 0.05) is 13.0 Å². The first-order chi connectivity index (χ1) is 9.90. The molecule has 0 spiro atoms. The Morgan fingerprint density at radius 3 is 2.57 bits per heavy atom. The number of carboxylic acids is 1. The zero-order valence-electron chi connectivity index (χ0n) is 12.5. The number of amides is 2. The molecule has 0 radical (unpaired) electrons. The number of carboxylic acid groups (broad SMARTS) is 1. The van der Waals surface area contributed by atoms with Crippen LogP contribution >= 0.6 is 11.3 Å². The minimum atomic E-state index is -0.848. The highest BCUT2D eigenvalue weighted by molar-refractivity contribution is 7.15. The van der Waals surface area contributed by atoms with Crippen LogP contribution in [-0.2, 0) is 11.2 Å². The molecule has 0 aromatic carbocycles. The van der Waals surface area contributed by atoms with E-state index in [9.17, 15) is 9.59 Å². The molecule has 1 atom stereocenters. The van der Waals surface area contributed by atoms with Crippen molar-refractivity contribution in [1.82, 2.24) is 15.5 Å². The second kappa shape index (κ2) is 8.56. The van der Waals surface area contributed by atoms with Crippen LogP contribution in [0.5, 0.6) is 0 Å². The van der Waals surface area contributed by atoms with E-state index >= 15 is 0 Å². The monoisotopic (exact) mass is 314 g/mol. The summed E-state index contributed by atoms with van der Waals surface area (Å²) in [7, 11) is 0. The average Bonchev–Trinajstić information content (AvgIpc) is 2.82. The normalized spacial score (nSPS) is 12.2. The van der Waals surface area contributed by atoms with E-state index in [1.54, 1.807) is 0 Å². The van der Waals surface area contributed by atoms with Crippen LogP contribution in [0.3, 0.4) is 0 Å². The number of urea groups is 1. The molecule has 118 valence electrons. The SMILES string of the molecule is CCc1nnc(NC(=O)NCC(CC(=O)O)CC(C)C)s1. The van der Waals surface area contributed by atoms with Gasteiger partial charge in [-0.3, -0.25) is 10.1 Å². The molecule has 3 N–H and O–H groups in total. The Morgan fingerprint density at radius 2 is 2.05 bits per heavy atom. The van der Waals surface area contributed by atoms with E-state index in [0.717, 1.165) is 17.8 Å². The fourth-order valence-corrected chi connectivity index (χ4v) is 2.65. The van der Waals surface area contributed by atoms with Crippen molar-refractivity contribution in [3.8, 4) is 0 Å². The fraction of sp³-hybridized carbons (Fsp3) is 0.692. The summed E-state index contributed by atoms with van der Waals surface area (Å²) in [5.74, 6) is -0.539. The summed E-state index contributed by atoms with van der Waals surface area (Å²) >= 11 is 1.33.